The number of nitrogens with zero attached hydrogens (tertiary/aromatic N) is 2. The molecule has 3 nitrogen and oxygen atoms in total. The number of halogens is 1. The molecule has 0 atom stereocenters. The highest BCUT2D eigenvalue weighted by atomic mass is 79.9. The molecule has 2 aromatic heterocycles. The van der Waals surface area contributed by atoms with Gasteiger partial charge in [0.05, 0.1) is 21.4 Å². The molecular weight excluding hydrogens is 250 g/mol. The van der Waals surface area contributed by atoms with E-state index in [1.165, 1.54) is 0 Å². The van der Waals surface area contributed by atoms with Crippen molar-refractivity contribution in [2.24, 2.45) is 7.05 Å². The van der Waals surface area contributed by atoms with Crippen LogP contribution >= 0.6 is 27.3 Å². The Bertz CT molecular complexity index is 413. The lowest BCUT2D eigenvalue weighted by molar-refractivity contribution is 0.776. The van der Waals surface area contributed by atoms with E-state index in [9.17, 15) is 0 Å². The fourth-order valence-corrected chi connectivity index (χ4v) is 2.38. The normalized spacial score (nSPS) is 10.6. The second-order valence-electron chi connectivity index (χ2n) is 2.71. The number of rotatable bonds is 1. The van der Waals surface area contributed by atoms with Crippen LogP contribution in [0.15, 0.2) is 21.4 Å². The number of anilines is 1. The molecule has 0 bridgehead atoms. The fourth-order valence-electron chi connectivity index (χ4n) is 1.24. The molecule has 0 aliphatic rings. The van der Waals surface area contributed by atoms with Crippen LogP contribution < -0.4 is 5.73 Å². The molecule has 13 heavy (non-hydrogen) atoms. The van der Waals surface area contributed by atoms with E-state index in [1.807, 2.05) is 13.1 Å². The van der Waals surface area contributed by atoms with Crippen LogP contribution in [0, 0.1) is 0 Å². The SMILES string of the molecule is Cn1ncc(N)c1-c1csc(Br)c1. The molecule has 0 fully saturated rings. The topological polar surface area (TPSA) is 43.8 Å². The number of aryl methyl sites for hydroxylation is 1. The van der Waals surface area contributed by atoms with Gasteiger partial charge in [-0.15, -0.1) is 11.3 Å². The Kier molecular flexibility index (Phi) is 2.13. The first-order valence-corrected chi connectivity index (χ1v) is 5.37. The standard InChI is InChI=1S/C8H8BrN3S/c1-12-8(6(10)3-11-12)5-2-7(9)13-4-5/h2-4H,10H2,1H3. The molecule has 0 saturated carbocycles. The summed E-state index contributed by atoms with van der Waals surface area (Å²) in [7, 11) is 1.89. The molecule has 0 aliphatic heterocycles. The Labute approximate surface area is 88.3 Å². The van der Waals surface area contributed by atoms with Crippen LogP contribution in [-0.4, -0.2) is 9.78 Å². The van der Waals surface area contributed by atoms with E-state index in [1.54, 1.807) is 22.2 Å². The number of hydrogen-bond acceptors (Lipinski definition) is 3. The van der Waals surface area contributed by atoms with Gasteiger partial charge in [0.15, 0.2) is 0 Å². The molecule has 5 heteroatoms. The van der Waals surface area contributed by atoms with Crippen LogP contribution in [0.4, 0.5) is 5.69 Å². The van der Waals surface area contributed by atoms with Crippen molar-refractivity contribution >= 4 is 33.0 Å². The van der Waals surface area contributed by atoms with Crippen molar-refractivity contribution in [2.45, 2.75) is 0 Å². The molecule has 2 N–H and O–H groups in total. The number of nitrogens with two attached hydrogens (primary N) is 1. The van der Waals surface area contributed by atoms with E-state index in [0.29, 0.717) is 5.69 Å². The molecule has 0 unspecified atom stereocenters. The minimum absolute atomic E-state index is 0.716. The van der Waals surface area contributed by atoms with Gasteiger partial charge in [0.1, 0.15) is 0 Å². The van der Waals surface area contributed by atoms with E-state index >= 15 is 0 Å². The second-order valence-corrected chi connectivity index (χ2v) is 5.00. The lowest BCUT2D eigenvalue weighted by Crippen LogP contribution is -1.94. The van der Waals surface area contributed by atoms with Gasteiger partial charge in [-0.25, -0.2) is 0 Å². The van der Waals surface area contributed by atoms with E-state index in [4.69, 9.17) is 5.73 Å². The minimum Gasteiger partial charge on any atom is -0.396 e. The van der Waals surface area contributed by atoms with Gasteiger partial charge in [0.25, 0.3) is 0 Å². The zero-order valence-corrected chi connectivity index (χ0v) is 9.39. The first-order valence-electron chi connectivity index (χ1n) is 3.70. The van der Waals surface area contributed by atoms with Gasteiger partial charge in [-0.05, 0) is 22.0 Å². The van der Waals surface area contributed by atoms with Crippen LogP contribution in [-0.2, 0) is 7.05 Å². The van der Waals surface area contributed by atoms with Crippen LogP contribution in [0.1, 0.15) is 0 Å². The summed E-state index contributed by atoms with van der Waals surface area (Å²) in [6.07, 6.45) is 1.67. The summed E-state index contributed by atoms with van der Waals surface area (Å²) in [4.78, 5) is 0. The van der Waals surface area contributed by atoms with Crippen LogP contribution in [0.25, 0.3) is 11.3 Å². The van der Waals surface area contributed by atoms with Crippen molar-refractivity contribution in [1.82, 2.24) is 9.78 Å². The largest absolute Gasteiger partial charge is 0.396 e. The maximum absolute atomic E-state index is 5.79. The third kappa shape index (κ3) is 1.49. The molecule has 0 amide bonds. The van der Waals surface area contributed by atoms with E-state index in [-0.39, 0.29) is 0 Å². The number of hydrogen-bond donors (Lipinski definition) is 1. The van der Waals surface area contributed by atoms with Crippen molar-refractivity contribution in [3.8, 4) is 11.3 Å². The first kappa shape index (κ1) is 8.77. The third-order valence-corrected chi connectivity index (χ3v) is 3.31. The van der Waals surface area contributed by atoms with Gasteiger partial charge in [-0.2, -0.15) is 5.10 Å². The molecule has 2 rings (SSSR count). The fraction of sp³-hybridized carbons (Fsp3) is 0.125. The van der Waals surface area contributed by atoms with Gasteiger partial charge >= 0.3 is 0 Å². The molecule has 2 aromatic rings. The Hall–Kier alpha value is -0.810. The van der Waals surface area contributed by atoms with Crippen LogP contribution in [0.2, 0.25) is 0 Å². The summed E-state index contributed by atoms with van der Waals surface area (Å²) >= 11 is 5.05. The maximum Gasteiger partial charge on any atom is 0.0917 e. The molecule has 68 valence electrons. The maximum atomic E-state index is 5.79. The highest BCUT2D eigenvalue weighted by Gasteiger charge is 2.09. The molecule has 0 spiro atoms. The summed E-state index contributed by atoms with van der Waals surface area (Å²) in [6.45, 7) is 0. The summed E-state index contributed by atoms with van der Waals surface area (Å²) in [6, 6.07) is 2.04. The summed E-state index contributed by atoms with van der Waals surface area (Å²) in [5, 5.41) is 6.14. The monoisotopic (exact) mass is 257 g/mol. The molecule has 2 heterocycles. The Balaban J connectivity index is 2.57. The molecule has 0 aromatic carbocycles. The van der Waals surface area contributed by atoms with Crippen molar-refractivity contribution in [3.05, 3.63) is 21.4 Å². The van der Waals surface area contributed by atoms with E-state index in [0.717, 1.165) is 15.0 Å². The van der Waals surface area contributed by atoms with Gasteiger partial charge in [-0.1, -0.05) is 0 Å². The average Bonchev–Trinajstić information content (AvgIpc) is 2.60. The molecule has 0 aliphatic carbocycles. The predicted octanol–water partition coefficient (Wildman–Crippen LogP) is 2.49. The summed E-state index contributed by atoms with van der Waals surface area (Å²) in [5.74, 6) is 0. The van der Waals surface area contributed by atoms with Crippen LogP contribution in [0.3, 0.4) is 0 Å². The zero-order valence-electron chi connectivity index (χ0n) is 6.99. The quantitative estimate of drug-likeness (QED) is 0.854. The van der Waals surface area contributed by atoms with Crippen molar-refractivity contribution in [3.63, 3.8) is 0 Å². The molecule has 0 radical (unpaired) electrons. The Morgan fingerprint density at radius 1 is 1.62 bits per heavy atom. The summed E-state index contributed by atoms with van der Waals surface area (Å²) in [5.41, 5.74) is 8.58. The highest BCUT2D eigenvalue weighted by molar-refractivity contribution is 9.11. The van der Waals surface area contributed by atoms with Gasteiger partial charge in [-0.3, -0.25) is 4.68 Å². The second kappa shape index (κ2) is 3.16. The van der Waals surface area contributed by atoms with Crippen molar-refractivity contribution in [1.29, 1.82) is 0 Å². The highest BCUT2D eigenvalue weighted by Crippen LogP contribution is 2.31. The number of nitrogen functional groups attached to an aromatic ring is 1. The third-order valence-electron chi connectivity index (χ3n) is 1.81. The predicted molar refractivity (Wildman–Crippen MR) is 58.6 cm³/mol. The minimum atomic E-state index is 0.716. The smallest absolute Gasteiger partial charge is 0.0917 e. The van der Waals surface area contributed by atoms with Gasteiger partial charge in [0.2, 0.25) is 0 Å². The van der Waals surface area contributed by atoms with Crippen molar-refractivity contribution in [2.75, 3.05) is 5.73 Å². The van der Waals surface area contributed by atoms with Gasteiger partial charge in [0, 0.05) is 18.0 Å². The van der Waals surface area contributed by atoms with E-state index < -0.39 is 0 Å². The Morgan fingerprint density at radius 3 is 2.85 bits per heavy atom. The van der Waals surface area contributed by atoms with Crippen LogP contribution in [0.5, 0.6) is 0 Å². The molecular formula is C8H8BrN3S. The number of aromatic nitrogens is 2. The summed E-state index contributed by atoms with van der Waals surface area (Å²) < 4.78 is 2.88. The lowest BCUT2D eigenvalue weighted by Gasteiger charge is -1.98. The zero-order chi connectivity index (χ0) is 9.42. The first-order chi connectivity index (χ1) is 6.18. The average molecular weight is 258 g/mol. The van der Waals surface area contributed by atoms with E-state index in [2.05, 4.69) is 26.4 Å². The Morgan fingerprint density at radius 2 is 2.38 bits per heavy atom. The molecule has 0 saturated heterocycles. The van der Waals surface area contributed by atoms with Gasteiger partial charge < -0.3 is 5.73 Å². The van der Waals surface area contributed by atoms with Crippen molar-refractivity contribution < 1.29 is 0 Å². The number of thiophene rings is 1. The lowest BCUT2D eigenvalue weighted by atomic mass is 10.2.